The van der Waals surface area contributed by atoms with Gasteiger partial charge in [0.25, 0.3) is 23.0 Å². The van der Waals surface area contributed by atoms with Gasteiger partial charge in [0.05, 0.1) is 47.3 Å². The lowest BCUT2D eigenvalue weighted by molar-refractivity contribution is 0.0350. The zero-order valence-corrected chi connectivity index (χ0v) is 54.1. The molecule has 0 unspecified atom stereocenters. The molecule has 14 rings (SSSR count). The molecule has 0 bridgehead atoms. The van der Waals surface area contributed by atoms with Gasteiger partial charge in [-0.15, -0.1) is 0 Å². The summed E-state index contributed by atoms with van der Waals surface area (Å²) in [5.41, 5.74) is 8.34. The lowest BCUT2D eigenvalue weighted by Crippen LogP contribution is -2.27. The van der Waals surface area contributed by atoms with Crippen LogP contribution in [0, 0.1) is 35.5 Å². The number of aliphatic hydroxyl groups is 1. The van der Waals surface area contributed by atoms with Crippen molar-refractivity contribution in [3.05, 3.63) is 252 Å². The topological polar surface area (TPSA) is 193 Å². The van der Waals surface area contributed by atoms with E-state index in [1.54, 1.807) is 24.3 Å². The van der Waals surface area contributed by atoms with Crippen molar-refractivity contribution in [2.75, 3.05) is 39.5 Å². The molecule has 5 N–H and O–H groups in total. The fraction of sp³-hybridized carbons (Fsp3) is 0.244. The number of alkyl halides is 6. The number of nitrogens with one attached hydrogen (secondary N) is 2. The molecule has 13 nitrogen and oxygen atoms in total. The standard InChI is InChI=1S/C28H23F2NO4.C20H17F2NO2.C15H9ClO.C13H15F2NO3.C2H6/c29-28(30)23(15-31-27(33)35-16-18-8-2-1-3-9-18)24(28)17-34-26(32)25-21-12-6-4-10-19(21)14-20-11-5-7-13-22(20)25;21-20(22)16(10-23)17(20)11-25-19(24)18-14-7-3-1-5-12(14)9-13-6-2-4-8-15(13)18;16-15(17)14-12-7-3-1-5-10(12)9-11-6-2-4-8-13(11)14;14-13(15)10(11(13)7-17)6-16-12(18)19-8-9-4-2-1-3-5-9;1-2/h1-14,23-24H,15-17H2,(H,31,33);1-9,16-17H,10-11,23H2;1-9H;1-5,10-11,17H,6-8H2,(H,16,18);1-2H3/t23-,24-;16-,17-;;10-,11-;/m11.1./s1. The number of halogens is 7. The Bertz CT molecular complexity index is 4500. The van der Waals surface area contributed by atoms with Gasteiger partial charge in [0.1, 0.15) is 26.4 Å². The van der Waals surface area contributed by atoms with Crippen LogP contribution in [0.4, 0.5) is 35.9 Å². The average Bonchev–Trinajstić information content (AvgIpc) is 1.55. The fourth-order valence-electron chi connectivity index (χ4n) is 12.1. The van der Waals surface area contributed by atoms with E-state index in [1.807, 2.05) is 208 Å². The lowest BCUT2D eigenvalue weighted by atomic mass is 9.97. The van der Waals surface area contributed by atoms with Crippen LogP contribution in [0.5, 0.6) is 0 Å². The third-order valence-electron chi connectivity index (χ3n) is 17.6. The maximum absolute atomic E-state index is 14.3. The predicted molar refractivity (Wildman–Crippen MR) is 368 cm³/mol. The summed E-state index contributed by atoms with van der Waals surface area (Å²) in [5, 5.41) is 23.3. The van der Waals surface area contributed by atoms with Crippen LogP contribution in [0.2, 0.25) is 0 Å². The molecule has 0 spiro atoms. The van der Waals surface area contributed by atoms with E-state index in [2.05, 4.69) is 16.7 Å². The summed E-state index contributed by atoms with van der Waals surface area (Å²) in [5.74, 6) is -16.2. The number of benzene rings is 11. The van der Waals surface area contributed by atoms with Crippen LogP contribution in [0.15, 0.2) is 224 Å². The number of esters is 2. The number of hydrogen-bond donors (Lipinski definition) is 4. The third kappa shape index (κ3) is 16.1. The number of rotatable bonds is 17. The van der Waals surface area contributed by atoms with Gasteiger partial charge in [0, 0.05) is 31.1 Å². The predicted octanol–water partition coefficient (Wildman–Crippen LogP) is 17.1. The minimum Gasteiger partial charge on any atom is -0.462 e. The molecular weight excluding hydrogens is 1290 g/mol. The molecular formula is C78H70ClF6N3O10. The molecule has 0 aromatic heterocycles. The molecule has 11 aromatic rings. The summed E-state index contributed by atoms with van der Waals surface area (Å²) in [7, 11) is 0. The molecule has 3 aliphatic carbocycles. The Morgan fingerprint density at radius 2 is 0.673 bits per heavy atom. The van der Waals surface area contributed by atoms with E-state index in [1.165, 1.54) is 0 Å². The number of carbonyl (C=O) groups is 5. The molecule has 0 saturated heterocycles. The van der Waals surface area contributed by atoms with Crippen molar-refractivity contribution in [1.82, 2.24) is 10.6 Å². The zero-order chi connectivity index (χ0) is 69.7. The second kappa shape index (κ2) is 31.4. The summed E-state index contributed by atoms with van der Waals surface area (Å²) < 4.78 is 102. The Hall–Kier alpha value is -10.1. The molecule has 3 fully saturated rings. The molecule has 0 aliphatic heterocycles. The van der Waals surface area contributed by atoms with Crippen molar-refractivity contribution in [3.8, 4) is 0 Å². The van der Waals surface area contributed by atoms with E-state index in [9.17, 15) is 50.3 Å². The monoisotopic (exact) mass is 1360 g/mol. The minimum absolute atomic E-state index is 0.0494. The number of hydrogen-bond acceptors (Lipinski definition) is 11. The van der Waals surface area contributed by atoms with Crippen molar-refractivity contribution in [2.24, 2.45) is 41.2 Å². The molecule has 3 saturated carbocycles. The number of ether oxygens (including phenoxy) is 4. The van der Waals surface area contributed by atoms with E-state index in [0.717, 1.165) is 65.0 Å². The highest BCUT2D eigenvalue weighted by Gasteiger charge is 2.69. The first kappa shape index (κ1) is 70.7. The number of amides is 2. The Kier molecular flexibility index (Phi) is 22.7. The van der Waals surface area contributed by atoms with Gasteiger partial charge in [-0.2, -0.15) is 0 Å². The van der Waals surface area contributed by atoms with E-state index in [-0.39, 0.29) is 39.5 Å². The summed E-state index contributed by atoms with van der Waals surface area (Å²) in [6, 6.07) is 69.6. The van der Waals surface area contributed by atoms with Gasteiger partial charge in [0.2, 0.25) is 0 Å². The molecule has 6 atom stereocenters. The molecule has 3 aliphatic rings. The minimum atomic E-state index is -3.03. The van der Waals surface area contributed by atoms with Gasteiger partial charge in [-0.3, -0.25) is 4.79 Å². The van der Waals surface area contributed by atoms with Crippen LogP contribution in [-0.4, -0.2) is 91.7 Å². The van der Waals surface area contributed by atoms with Crippen LogP contribution in [0.1, 0.15) is 56.0 Å². The van der Waals surface area contributed by atoms with Gasteiger partial charge < -0.3 is 40.4 Å². The van der Waals surface area contributed by atoms with E-state index in [0.29, 0.717) is 27.5 Å². The second-order valence-electron chi connectivity index (χ2n) is 23.5. The Morgan fingerprint density at radius 3 is 0.969 bits per heavy atom. The SMILES string of the molecule is CC.NC[C@@H]1[C@@H](COC(=O)c2c3ccccc3cc3ccccc23)C1(F)F.O=C(Cl)c1c2ccccc2cc2ccccc12.O=C(NC[C@@H]1[C@@H](CO)C1(F)F)OCc1ccccc1.O=C(NC[C@@H]1[C@@H](COC(=O)c2c3ccccc3cc3ccccc23)C1(F)F)OCc1ccccc1. The summed E-state index contributed by atoms with van der Waals surface area (Å²) in [6.07, 6.45) is -1.50. The van der Waals surface area contributed by atoms with Crippen molar-refractivity contribution in [1.29, 1.82) is 0 Å². The highest BCUT2D eigenvalue weighted by molar-refractivity contribution is 6.69. The van der Waals surface area contributed by atoms with Crippen LogP contribution < -0.4 is 16.4 Å². The largest absolute Gasteiger partial charge is 0.462 e. The molecule has 2 amide bonds. The van der Waals surface area contributed by atoms with Crippen LogP contribution >= 0.6 is 11.6 Å². The van der Waals surface area contributed by atoms with Crippen molar-refractivity contribution in [2.45, 2.75) is 44.8 Å². The molecule has 11 aromatic carbocycles. The van der Waals surface area contributed by atoms with Crippen molar-refractivity contribution in [3.63, 3.8) is 0 Å². The van der Waals surface area contributed by atoms with E-state index in [4.69, 9.17) is 41.4 Å². The van der Waals surface area contributed by atoms with Gasteiger partial charge >= 0.3 is 24.1 Å². The Balaban J connectivity index is 0.000000146. The summed E-state index contributed by atoms with van der Waals surface area (Å²) in [6.45, 7) is 2.27. The van der Waals surface area contributed by atoms with Gasteiger partial charge in [0.15, 0.2) is 0 Å². The van der Waals surface area contributed by atoms with Crippen molar-refractivity contribution >= 4 is 106 Å². The Morgan fingerprint density at radius 1 is 0.398 bits per heavy atom. The number of nitrogens with two attached hydrogens (primary N) is 1. The number of aliphatic hydroxyl groups excluding tert-OH is 1. The van der Waals surface area contributed by atoms with Gasteiger partial charge in [-0.25, -0.2) is 45.5 Å². The second-order valence-corrected chi connectivity index (χ2v) is 23.9. The zero-order valence-electron chi connectivity index (χ0n) is 53.3. The number of fused-ring (bicyclic) bond motifs is 6. The first-order valence-corrected chi connectivity index (χ1v) is 32.3. The number of alkyl carbamates (subject to hydrolysis) is 2. The molecule has 0 heterocycles. The highest BCUT2D eigenvalue weighted by atomic mass is 35.5. The molecule has 506 valence electrons. The average molecular weight is 1360 g/mol. The Labute approximate surface area is 565 Å². The smallest absolute Gasteiger partial charge is 0.407 e. The highest BCUT2D eigenvalue weighted by Crippen LogP contribution is 2.56. The first-order chi connectivity index (χ1) is 47.3. The van der Waals surface area contributed by atoms with E-state index < -0.39 is 95.9 Å². The van der Waals surface area contributed by atoms with Crippen LogP contribution in [0.3, 0.4) is 0 Å². The van der Waals surface area contributed by atoms with E-state index >= 15 is 0 Å². The molecule has 20 heteroatoms. The fourth-order valence-corrected chi connectivity index (χ4v) is 12.3. The third-order valence-corrected chi connectivity index (χ3v) is 17.8. The maximum Gasteiger partial charge on any atom is 0.407 e. The lowest BCUT2D eigenvalue weighted by Gasteiger charge is -2.11. The first-order valence-electron chi connectivity index (χ1n) is 31.9. The van der Waals surface area contributed by atoms with Crippen LogP contribution in [-0.2, 0) is 32.2 Å². The van der Waals surface area contributed by atoms with Crippen molar-refractivity contribution < 1.29 is 74.4 Å². The summed E-state index contributed by atoms with van der Waals surface area (Å²) >= 11 is 5.72. The molecule has 0 radical (unpaired) electrons. The molecule has 98 heavy (non-hydrogen) atoms. The van der Waals surface area contributed by atoms with Gasteiger partial charge in [-0.1, -0.05) is 220 Å². The number of carbonyl (C=O) groups excluding carboxylic acids is 5. The summed E-state index contributed by atoms with van der Waals surface area (Å²) in [4.78, 5) is 60.6. The normalized spacial score (nSPS) is 18.5. The quantitative estimate of drug-likeness (QED) is 0.0223. The van der Waals surface area contributed by atoms with Gasteiger partial charge in [-0.05, 0) is 106 Å². The van der Waals surface area contributed by atoms with Crippen LogP contribution in [0.25, 0.3) is 64.6 Å². The maximum atomic E-state index is 14.3.